The number of benzene rings is 4. The van der Waals surface area contributed by atoms with E-state index in [2.05, 4.69) is 51.4 Å². The molecule has 5 aromatic rings. The summed E-state index contributed by atoms with van der Waals surface area (Å²) in [5.41, 5.74) is 3.34. The van der Waals surface area contributed by atoms with Crippen molar-refractivity contribution in [1.29, 1.82) is 0 Å². The number of nitrogens with zero attached hydrogens (tertiary/aromatic N) is 2. The summed E-state index contributed by atoms with van der Waals surface area (Å²) in [7, 11) is 3.12. The van der Waals surface area contributed by atoms with Gasteiger partial charge in [-0.3, -0.25) is 0 Å². The van der Waals surface area contributed by atoms with Crippen LogP contribution >= 0.6 is 11.9 Å². The molecule has 16 heteroatoms. The van der Waals surface area contributed by atoms with Crippen molar-refractivity contribution in [2.45, 2.75) is 26.2 Å². The molecule has 0 aliphatic carbocycles. The second-order valence-electron chi connectivity index (χ2n) is 13.1. The van der Waals surface area contributed by atoms with Crippen LogP contribution in [0.5, 0.6) is 28.9 Å². The highest BCUT2D eigenvalue weighted by Crippen LogP contribution is 2.40. The summed E-state index contributed by atoms with van der Waals surface area (Å²) < 4.78 is 36.9. The van der Waals surface area contributed by atoms with E-state index < -0.39 is 12.0 Å². The van der Waals surface area contributed by atoms with Crippen molar-refractivity contribution in [2.75, 3.05) is 74.2 Å². The van der Waals surface area contributed by atoms with Crippen LogP contribution in [0.3, 0.4) is 0 Å². The second-order valence-corrected chi connectivity index (χ2v) is 13.8. The number of anilines is 5. The largest absolute Gasteiger partial charge is 0.497 e. The first-order chi connectivity index (χ1) is 27.0. The molecule has 1 aromatic heterocycles. The van der Waals surface area contributed by atoms with Crippen molar-refractivity contribution in [3.63, 3.8) is 0 Å². The lowest BCUT2D eigenvalue weighted by Gasteiger charge is -2.24. The number of carbonyl (C=O) groups is 2. The molecule has 4 aromatic carbocycles. The molecule has 1 heterocycles. The van der Waals surface area contributed by atoms with Crippen molar-refractivity contribution in [3.8, 4) is 28.9 Å². The van der Waals surface area contributed by atoms with E-state index in [-0.39, 0.29) is 50.3 Å². The molecule has 0 unspecified atom stereocenters. The van der Waals surface area contributed by atoms with Gasteiger partial charge >= 0.3 is 12.0 Å². The van der Waals surface area contributed by atoms with E-state index >= 15 is 0 Å². The number of carboxylic acids is 1. The molecule has 5 N–H and O–H groups in total. The van der Waals surface area contributed by atoms with Gasteiger partial charge in [0.25, 0.3) is 0 Å². The van der Waals surface area contributed by atoms with E-state index in [0.717, 1.165) is 22.0 Å². The van der Waals surface area contributed by atoms with Gasteiger partial charge in [-0.05, 0) is 35.2 Å². The minimum Gasteiger partial charge on any atom is -0.497 e. The summed E-state index contributed by atoms with van der Waals surface area (Å²) in [5.74, 6) is 1.64. The maximum absolute atomic E-state index is 13.5. The fraction of sp³-hybridized carbons (Fsp3) is 0.300. The second kappa shape index (κ2) is 19.6. The van der Waals surface area contributed by atoms with Crippen molar-refractivity contribution >= 4 is 63.4 Å². The maximum Gasteiger partial charge on any atom is 0.329 e. The molecule has 5 rings (SSSR count). The summed E-state index contributed by atoms with van der Waals surface area (Å²) in [5, 5.41) is 19.3. The number of aliphatic carboxylic acids is 1. The third-order valence-corrected chi connectivity index (χ3v) is 8.49. The predicted molar refractivity (Wildman–Crippen MR) is 219 cm³/mol. The number of aromatic nitrogens is 2. The fourth-order valence-electron chi connectivity index (χ4n) is 5.45. The number of nitrogens with one attached hydrogen (secondary N) is 4. The van der Waals surface area contributed by atoms with E-state index in [9.17, 15) is 9.59 Å². The summed E-state index contributed by atoms with van der Waals surface area (Å²) >= 11 is 1.44. The average Bonchev–Trinajstić information content (AvgIpc) is 3.16. The molecule has 0 spiro atoms. The normalized spacial score (nSPS) is 11.1. The molecular formula is C40H46N6O9S. The summed E-state index contributed by atoms with van der Waals surface area (Å²) in [6.45, 7) is 6.89. The lowest BCUT2D eigenvalue weighted by molar-refractivity contribution is -0.142. The number of carbonyl (C=O) groups excluding carboxylic acids is 1. The minimum absolute atomic E-state index is 0.168. The SMILES string of the molecule is COc1cc(Nc2nccc(Oc3ccc(NC(=O)Nc4cc(C(C)(C)C)cc(NSC)c4OC)c4ccccc34)n2)cc(OCCOCCOCC(=O)O)c1. The summed E-state index contributed by atoms with van der Waals surface area (Å²) in [6.07, 6.45) is 3.50. The topological polar surface area (TPSA) is 184 Å². The van der Waals surface area contributed by atoms with E-state index in [4.69, 9.17) is 33.5 Å². The first kappa shape index (κ1) is 41.2. The minimum atomic E-state index is -1.03. The van der Waals surface area contributed by atoms with Crippen molar-refractivity contribution in [2.24, 2.45) is 0 Å². The summed E-state index contributed by atoms with van der Waals surface area (Å²) in [6, 6.07) is 21.6. The van der Waals surface area contributed by atoms with Crippen LogP contribution < -0.4 is 39.6 Å². The molecule has 0 saturated carbocycles. The molecule has 0 aliphatic heterocycles. The third-order valence-electron chi connectivity index (χ3n) is 8.06. The first-order valence-electron chi connectivity index (χ1n) is 17.6. The van der Waals surface area contributed by atoms with Crippen LogP contribution in [0.1, 0.15) is 26.3 Å². The smallest absolute Gasteiger partial charge is 0.329 e. The van der Waals surface area contributed by atoms with E-state index in [1.165, 1.54) is 11.9 Å². The van der Waals surface area contributed by atoms with Crippen LogP contribution in [-0.4, -0.2) is 80.6 Å². The van der Waals surface area contributed by atoms with Gasteiger partial charge in [-0.25, -0.2) is 14.6 Å². The number of urea groups is 1. The van der Waals surface area contributed by atoms with Gasteiger partial charge < -0.3 is 54.2 Å². The fourth-order valence-corrected chi connectivity index (χ4v) is 5.82. The number of rotatable bonds is 19. The molecular weight excluding hydrogens is 741 g/mol. The highest BCUT2D eigenvalue weighted by Gasteiger charge is 2.21. The highest BCUT2D eigenvalue weighted by molar-refractivity contribution is 7.99. The van der Waals surface area contributed by atoms with Gasteiger partial charge in [0.05, 0.1) is 51.1 Å². The van der Waals surface area contributed by atoms with Crippen LogP contribution in [0.4, 0.5) is 33.5 Å². The molecule has 0 bridgehead atoms. The number of hydrogen-bond donors (Lipinski definition) is 5. The number of hydrogen-bond acceptors (Lipinski definition) is 13. The van der Waals surface area contributed by atoms with Crippen molar-refractivity contribution in [1.82, 2.24) is 9.97 Å². The van der Waals surface area contributed by atoms with Crippen LogP contribution in [-0.2, 0) is 19.7 Å². The number of ether oxygens (including phenoxy) is 6. The zero-order valence-corrected chi connectivity index (χ0v) is 32.9. The Morgan fingerprint density at radius 1 is 0.804 bits per heavy atom. The van der Waals surface area contributed by atoms with Crippen LogP contribution in [0.25, 0.3) is 10.8 Å². The quantitative estimate of drug-likeness (QED) is 0.0398. The molecule has 15 nitrogen and oxygen atoms in total. The zero-order chi connectivity index (χ0) is 40.1. The van der Waals surface area contributed by atoms with Gasteiger partial charge in [-0.15, -0.1) is 0 Å². The van der Waals surface area contributed by atoms with E-state index in [1.54, 1.807) is 56.8 Å². The predicted octanol–water partition coefficient (Wildman–Crippen LogP) is 8.31. The maximum atomic E-state index is 13.5. The van der Waals surface area contributed by atoms with E-state index in [0.29, 0.717) is 40.1 Å². The Hall–Kier alpha value is -5.97. The Labute approximate surface area is 329 Å². The Kier molecular flexibility index (Phi) is 14.4. The average molecular weight is 787 g/mol. The Morgan fingerprint density at radius 2 is 1.52 bits per heavy atom. The molecule has 0 radical (unpaired) electrons. The van der Waals surface area contributed by atoms with Gasteiger partial charge in [-0.2, -0.15) is 4.98 Å². The standard InChI is InChI=1S/C40H46N6O9S/c1-40(2,3)25-19-32(37(51-5)33(20-25)46-56-6)44-39(49)43-31-11-12-34(30-10-8-7-9-29(30)31)55-35-13-14-41-38(45-35)42-26-21-27(50-4)23-28(22-26)54-18-17-52-15-16-53-24-36(47)48/h7-14,19-23,46H,15-18,24H2,1-6H3,(H,47,48)(H,41,42,45)(H2,43,44,49). The Morgan fingerprint density at radius 3 is 2.25 bits per heavy atom. The number of carboxylic acid groups (broad SMARTS) is 1. The van der Waals surface area contributed by atoms with Gasteiger partial charge in [-0.1, -0.05) is 57.0 Å². The molecule has 56 heavy (non-hydrogen) atoms. The van der Waals surface area contributed by atoms with Crippen LogP contribution in [0.15, 0.2) is 79.0 Å². The van der Waals surface area contributed by atoms with Crippen LogP contribution in [0, 0.1) is 0 Å². The van der Waals surface area contributed by atoms with Crippen molar-refractivity contribution < 1.29 is 43.1 Å². The molecule has 0 atom stereocenters. The lowest BCUT2D eigenvalue weighted by atomic mass is 9.86. The Balaban J connectivity index is 1.27. The van der Waals surface area contributed by atoms with Gasteiger partial charge in [0, 0.05) is 53.2 Å². The number of methoxy groups -OCH3 is 2. The van der Waals surface area contributed by atoms with E-state index in [1.807, 2.05) is 42.7 Å². The Bertz CT molecular complexity index is 2130. The lowest BCUT2D eigenvalue weighted by Crippen LogP contribution is -2.21. The zero-order valence-electron chi connectivity index (χ0n) is 32.1. The van der Waals surface area contributed by atoms with Gasteiger partial charge in [0.15, 0.2) is 5.75 Å². The molecule has 2 amide bonds. The number of fused-ring (bicyclic) bond motifs is 1. The van der Waals surface area contributed by atoms with Crippen molar-refractivity contribution in [3.05, 3.63) is 84.6 Å². The van der Waals surface area contributed by atoms with Gasteiger partial charge in [0.1, 0.15) is 30.5 Å². The summed E-state index contributed by atoms with van der Waals surface area (Å²) in [4.78, 5) is 32.9. The molecule has 296 valence electrons. The van der Waals surface area contributed by atoms with Crippen LogP contribution in [0.2, 0.25) is 0 Å². The third kappa shape index (κ3) is 11.5. The molecule has 0 fully saturated rings. The van der Waals surface area contributed by atoms with Gasteiger partial charge in [0.2, 0.25) is 11.8 Å². The number of amides is 2. The monoisotopic (exact) mass is 786 g/mol. The highest BCUT2D eigenvalue weighted by atomic mass is 32.2. The molecule has 0 saturated heterocycles. The first-order valence-corrected chi connectivity index (χ1v) is 18.8. The molecule has 0 aliphatic rings.